The number of hydrogen-bond donors (Lipinski definition) is 6. The number of nitrogen functional groups attached to an aromatic ring is 3. The molecular formula is C65H84ClN9O5+2. The fraction of sp³-hybridized carbons (Fsp3) is 0.431. The number of halogens is 1. The lowest BCUT2D eigenvalue weighted by molar-refractivity contribution is -0.670. The number of allylic oxidation sites excluding steroid dienone is 6. The predicted molar refractivity (Wildman–Crippen MR) is 323 cm³/mol. The summed E-state index contributed by atoms with van der Waals surface area (Å²) >= 11 is 5.67. The summed E-state index contributed by atoms with van der Waals surface area (Å²) < 4.78 is 17.0. The van der Waals surface area contributed by atoms with Crippen molar-refractivity contribution in [1.29, 1.82) is 0 Å². The maximum Gasteiger partial charge on any atom is 0.245 e. The zero-order valence-electron chi connectivity index (χ0n) is 47.4. The number of unbranched alkanes of at least 4 members (excludes halogenated alkanes) is 3. The highest BCUT2D eigenvalue weighted by molar-refractivity contribution is 6.17. The summed E-state index contributed by atoms with van der Waals surface area (Å²) in [5.41, 5.74) is 32.9. The molecular weight excluding hydrogens is 1020 g/mol. The number of benzene rings is 3. The quantitative estimate of drug-likeness (QED) is 0.0150. The van der Waals surface area contributed by atoms with Gasteiger partial charge in [-0.25, -0.2) is 4.98 Å². The van der Waals surface area contributed by atoms with Crippen molar-refractivity contribution in [3.63, 3.8) is 0 Å². The second-order valence-corrected chi connectivity index (χ2v) is 22.9. The number of alkyl halides is 1. The van der Waals surface area contributed by atoms with E-state index in [0.717, 1.165) is 86.6 Å². The van der Waals surface area contributed by atoms with Crippen molar-refractivity contribution in [2.45, 2.75) is 134 Å². The van der Waals surface area contributed by atoms with Gasteiger partial charge >= 0.3 is 0 Å². The summed E-state index contributed by atoms with van der Waals surface area (Å²) in [6.07, 6.45) is 30.0. The molecule has 4 aliphatic rings. The molecule has 5 aromatic rings. The highest BCUT2D eigenvalue weighted by Gasteiger charge is 2.36. The molecule has 4 aliphatic carbocycles. The molecule has 2 aromatic heterocycles. The highest BCUT2D eigenvalue weighted by Crippen LogP contribution is 2.46. The summed E-state index contributed by atoms with van der Waals surface area (Å²) in [7, 11) is 0. The molecule has 80 heavy (non-hydrogen) atoms. The number of aromatic amines is 1. The van der Waals surface area contributed by atoms with Gasteiger partial charge in [0.1, 0.15) is 35.8 Å². The van der Waals surface area contributed by atoms with Crippen molar-refractivity contribution in [2.75, 3.05) is 62.6 Å². The minimum atomic E-state index is -0.106. The minimum Gasteiger partial charge on any atom is -0.471 e. The molecule has 0 saturated carbocycles. The van der Waals surface area contributed by atoms with Crippen molar-refractivity contribution in [1.82, 2.24) is 19.9 Å². The number of ether oxygens (including phenoxy) is 3. The number of rotatable bonds is 29. The Morgan fingerprint density at radius 1 is 0.637 bits per heavy atom. The topological polar surface area (TPSA) is 228 Å². The number of fused-ring (bicyclic) bond motifs is 5. The van der Waals surface area contributed by atoms with Crippen molar-refractivity contribution in [3.05, 3.63) is 159 Å². The molecule has 15 heteroatoms. The number of carbonyl (C=O) groups is 2. The smallest absolute Gasteiger partial charge is 0.245 e. The monoisotopic (exact) mass is 1110 g/mol. The number of carbonyl (C=O) groups excluding carboxylic acids is 2. The average molecular weight is 1110 g/mol. The van der Waals surface area contributed by atoms with Crippen LogP contribution in [0.3, 0.4) is 0 Å². The van der Waals surface area contributed by atoms with Crippen LogP contribution in [0.25, 0.3) is 23.3 Å². The van der Waals surface area contributed by atoms with Crippen LogP contribution in [0.15, 0.2) is 126 Å². The minimum absolute atomic E-state index is 0.0833. The summed E-state index contributed by atoms with van der Waals surface area (Å²) in [5, 5.41) is 4.66. The second-order valence-electron chi connectivity index (χ2n) is 22.5. The first-order chi connectivity index (χ1) is 38.7. The third-order valence-corrected chi connectivity index (χ3v) is 15.9. The van der Waals surface area contributed by atoms with E-state index in [9.17, 15) is 9.59 Å². The number of Topliss-reactive ketones (excluding diaryl/α,β-unsaturated/α-hetero) is 2. The van der Waals surface area contributed by atoms with Gasteiger partial charge in [-0.15, -0.1) is 11.6 Å². The normalized spacial score (nSPS) is 17.2. The lowest BCUT2D eigenvalue weighted by Crippen LogP contribution is -2.89. The molecule has 0 spiro atoms. The molecule has 3 aromatic carbocycles. The maximum absolute atomic E-state index is 12.6. The van der Waals surface area contributed by atoms with Gasteiger partial charge < -0.3 is 47.0 Å². The van der Waals surface area contributed by atoms with Crippen LogP contribution in [-0.2, 0) is 42.9 Å². The fourth-order valence-corrected chi connectivity index (χ4v) is 11.3. The van der Waals surface area contributed by atoms with Gasteiger partial charge in [0.2, 0.25) is 11.8 Å². The number of quaternary nitrogens is 2. The zero-order valence-corrected chi connectivity index (χ0v) is 48.2. The van der Waals surface area contributed by atoms with Crippen molar-refractivity contribution in [3.8, 4) is 5.88 Å². The number of nitrogens with one attached hydrogen (secondary N) is 1. The van der Waals surface area contributed by atoms with Crippen LogP contribution >= 0.6 is 11.6 Å². The summed E-state index contributed by atoms with van der Waals surface area (Å²) in [6.45, 7) is 13.9. The number of aryl methyl sites for hydroxylation is 1. The van der Waals surface area contributed by atoms with Gasteiger partial charge in [-0.2, -0.15) is 9.97 Å². The van der Waals surface area contributed by atoms with Crippen molar-refractivity contribution >= 4 is 63.8 Å². The van der Waals surface area contributed by atoms with Crippen LogP contribution in [0.1, 0.15) is 132 Å². The predicted octanol–water partition coefficient (Wildman–Crippen LogP) is 9.51. The van der Waals surface area contributed by atoms with Crippen LogP contribution in [0.5, 0.6) is 5.88 Å². The molecule has 0 fully saturated rings. The number of anilines is 3. The summed E-state index contributed by atoms with van der Waals surface area (Å²) in [5.74, 6) is 1.87. The molecule has 0 amide bonds. The van der Waals surface area contributed by atoms with E-state index in [4.69, 9.17) is 43.0 Å². The maximum atomic E-state index is 12.6. The highest BCUT2D eigenvalue weighted by atomic mass is 35.5. The zero-order chi connectivity index (χ0) is 56.5. The van der Waals surface area contributed by atoms with E-state index in [1.54, 1.807) is 0 Å². The Hall–Kier alpha value is -6.68. The van der Waals surface area contributed by atoms with Crippen LogP contribution in [0.2, 0.25) is 0 Å². The Kier molecular flexibility index (Phi) is 21.3. The second kappa shape index (κ2) is 28.6. The third-order valence-electron chi connectivity index (χ3n) is 15.7. The number of imidazole rings is 1. The Labute approximate surface area is 477 Å². The lowest BCUT2D eigenvalue weighted by Gasteiger charge is -2.37. The number of aromatic nitrogens is 4. The van der Waals surface area contributed by atoms with Crippen molar-refractivity contribution in [2.24, 2.45) is 0 Å². The van der Waals surface area contributed by atoms with Crippen LogP contribution in [0.4, 0.5) is 17.3 Å². The molecule has 9 rings (SSSR count). The molecule has 2 heterocycles. The summed E-state index contributed by atoms with van der Waals surface area (Å²) in [6, 6.07) is 21.1. The first kappa shape index (κ1) is 59.4. The first-order valence-corrected chi connectivity index (χ1v) is 29.3. The number of nitrogens with zero attached hydrogens (tertiary/aromatic N) is 3. The van der Waals surface area contributed by atoms with Gasteiger partial charge in [0.05, 0.1) is 32.6 Å². The Balaban J connectivity index is 0.000000213. The molecule has 2 unspecified atom stereocenters. The van der Waals surface area contributed by atoms with E-state index in [1.165, 1.54) is 63.7 Å². The van der Waals surface area contributed by atoms with E-state index < -0.39 is 0 Å². The Morgan fingerprint density at radius 3 is 1.76 bits per heavy atom. The molecule has 11 N–H and O–H groups in total. The van der Waals surface area contributed by atoms with Crippen LogP contribution in [-0.4, -0.2) is 89.0 Å². The van der Waals surface area contributed by atoms with E-state index >= 15 is 0 Å². The summed E-state index contributed by atoms with van der Waals surface area (Å²) in [4.78, 5) is 40.2. The van der Waals surface area contributed by atoms with Crippen LogP contribution in [0, 0.1) is 0 Å². The van der Waals surface area contributed by atoms with Gasteiger partial charge in [0, 0.05) is 79.8 Å². The van der Waals surface area contributed by atoms with Crippen molar-refractivity contribution < 1.29 is 34.4 Å². The van der Waals surface area contributed by atoms with Crippen LogP contribution < -0.4 is 32.6 Å². The first-order valence-electron chi connectivity index (χ1n) is 28.8. The molecule has 2 atom stereocenters. The molecule has 424 valence electrons. The van der Waals surface area contributed by atoms with E-state index in [1.807, 2.05) is 36.4 Å². The largest absolute Gasteiger partial charge is 0.471 e. The Bertz CT molecular complexity index is 3110. The molecule has 0 bridgehead atoms. The van der Waals surface area contributed by atoms with Gasteiger partial charge in [-0.05, 0) is 142 Å². The average Bonchev–Trinajstić information content (AvgIpc) is 4.01. The van der Waals surface area contributed by atoms with E-state index in [0.29, 0.717) is 86.8 Å². The lowest BCUT2D eigenvalue weighted by atomic mass is 9.67. The molecule has 0 saturated heterocycles. The van der Waals surface area contributed by atoms with Gasteiger partial charge in [-0.1, -0.05) is 89.1 Å². The Morgan fingerprint density at radius 2 is 1.18 bits per heavy atom. The number of ketones is 2. The van der Waals surface area contributed by atoms with Gasteiger partial charge in [0.15, 0.2) is 5.65 Å². The number of H-pyrrole nitrogens is 1. The molecule has 14 nitrogen and oxygen atoms in total. The standard InChI is InChI=1S/C34H37N7O2.C31H45ClN2O3/c1-34(2)28-17-25(35)12-10-23(28)16-24-11-13-26(18-29(24)34)37-15-3-4-27(42)14-9-21-5-7-22(8-6-21)19-43-32-30-31(39-20-38-30)40-33(36)41-32;1-31(2)29-22-26(33)13-11-24(29)21-25-12-14-27(23-30(25)31)34-16-7-9-28(35)10-8-18-37-20-19-36-17-6-4-3-5-15-32/h5-8,10-13,16-18,20,26,37H,3-4,9,14-15,19,35H2,1-2H3,(H3,36,38,39,40,41);11-14,21-23,27,34H,3-10,15-20,33H2,1-2H3/p+2. The van der Waals surface area contributed by atoms with Gasteiger partial charge in [0.25, 0.3) is 0 Å². The third kappa shape index (κ3) is 16.2. The van der Waals surface area contributed by atoms with E-state index in [2.05, 4.69) is 131 Å². The molecule has 0 radical (unpaired) electrons. The SMILES string of the molecule is CC1(C)C2=CC([NH2+]CCCC(=O)CCCOCCOCCCCCCCl)C=CC2=Cc2ccc(N)cc21.CC1(C)C2=CC([NH2+]CCCC(=O)CCc3ccc(COc4nc(N)nc5nc[nH]c45)cc3)C=CC2=Cc2ccc(N)cc21. The number of hydrogen-bond acceptors (Lipinski definition) is 11. The van der Waals surface area contributed by atoms with E-state index in [-0.39, 0.29) is 22.8 Å². The number of nitrogens with two attached hydrogens (primary N) is 5. The molecule has 0 aliphatic heterocycles. The fourth-order valence-electron chi connectivity index (χ4n) is 11.1. The van der Waals surface area contributed by atoms with Gasteiger partial charge in [-0.3, -0.25) is 9.59 Å².